The highest BCUT2D eigenvalue weighted by Crippen LogP contribution is 2.31. The minimum Gasteiger partial charge on any atom is -0.399 e. The zero-order valence-electron chi connectivity index (χ0n) is 24.7. The van der Waals surface area contributed by atoms with Crippen LogP contribution in [-0.2, 0) is 4.79 Å². The standard InChI is InChI=1S/C35H55N3O/c1-2-3-4-5-6-7-8-9-10-11-12-13-14-16-28-17-15-18-30(23-28)24-29-19-21-34(22-20-29)38-35(39)31-25-32(36)27-33(37)26-31/h15,17-19,21,25,27-28,33H,2-14,16,20,22-24,26,36-37H2,1H3,(H,38,39). The smallest absolute Gasteiger partial charge is 0.251 e. The number of hydrogen-bond acceptors (Lipinski definition) is 3. The van der Waals surface area contributed by atoms with E-state index in [0.29, 0.717) is 23.6 Å². The number of amides is 1. The summed E-state index contributed by atoms with van der Waals surface area (Å²) in [7, 11) is 0. The first-order chi connectivity index (χ1) is 19.0. The highest BCUT2D eigenvalue weighted by molar-refractivity contribution is 5.95. The molecule has 5 N–H and O–H groups in total. The van der Waals surface area contributed by atoms with Crippen molar-refractivity contribution >= 4 is 5.91 Å². The van der Waals surface area contributed by atoms with Crippen molar-refractivity contribution in [2.24, 2.45) is 17.4 Å². The van der Waals surface area contributed by atoms with Gasteiger partial charge in [-0.1, -0.05) is 126 Å². The quantitative estimate of drug-likeness (QED) is 0.154. The van der Waals surface area contributed by atoms with Crippen LogP contribution in [0, 0.1) is 5.92 Å². The van der Waals surface area contributed by atoms with Crippen LogP contribution >= 0.6 is 0 Å². The lowest BCUT2D eigenvalue weighted by Crippen LogP contribution is -2.31. The minimum absolute atomic E-state index is 0.0827. The molecule has 0 radical (unpaired) electrons. The average molecular weight is 534 g/mol. The summed E-state index contributed by atoms with van der Waals surface area (Å²) in [6.07, 6.45) is 39.2. The molecule has 0 bridgehead atoms. The maximum Gasteiger partial charge on any atom is 0.251 e. The summed E-state index contributed by atoms with van der Waals surface area (Å²) in [4.78, 5) is 12.6. The summed E-state index contributed by atoms with van der Waals surface area (Å²) in [5.74, 6) is 0.615. The molecule has 3 aliphatic carbocycles. The largest absolute Gasteiger partial charge is 0.399 e. The van der Waals surface area contributed by atoms with Gasteiger partial charge in [-0.15, -0.1) is 0 Å². The van der Waals surface area contributed by atoms with Crippen LogP contribution in [0.2, 0.25) is 0 Å². The maximum atomic E-state index is 12.6. The number of rotatable bonds is 18. The van der Waals surface area contributed by atoms with E-state index in [0.717, 1.165) is 25.0 Å². The van der Waals surface area contributed by atoms with Crippen LogP contribution in [0.15, 0.2) is 70.6 Å². The van der Waals surface area contributed by atoms with E-state index < -0.39 is 0 Å². The van der Waals surface area contributed by atoms with Crippen molar-refractivity contribution in [3.8, 4) is 0 Å². The molecule has 4 nitrogen and oxygen atoms in total. The second-order valence-corrected chi connectivity index (χ2v) is 12.1. The molecule has 2 unspecified atom stereocenters. The van der Waals surface area contributed by atoms with Crippen LogP contribution < -0.4 is 16.8 Å². The van der Waals surface area contributed by atoms with Gasteiger partial charge in [0.2, 0.25) is 0 Å². The Morgan fingerprint density at radius 3 is 2.13 bits per heavy atom. The Labute approximate surface area is 238 Å². The topological polar surface area (TPSA) is 81.1 Å². The molecule has 3 aliphatic rings. The van der Waals surface area contributed by atoms with Crippen LogP contribution in [0.5, 0.6) is 0 Å². The van der Waals surface area contributed by atoms with Gasteiger partial charge in [0.1, 0.15) is 0 Å². The lowest BCUT2D eigenvalue weighted by Gasteiger charge is -2.22. The Kier molecular flexibility index (Phi) is 14.5. The molecule has 0 heterocycles. The molecule has 3 rings (SSSR count). The van der Waals surface area contributed by atoms with E-state index in [4.69, 9.17) is 11.5 Å². The van der Waals surface area contributed by atoms with Gasteiger partial charge in [0.05, 0.1) is 0 Å². The lowest BCUT2D eigenvalue weighted by molar-refractivity contribution is -0.117. The molecular weight excluding hydrogens is 478 g/mol. The molecule has 0 aromatic heterocycles. The van der Waals surface area contributed by atoms with Crippen LogP contribution in [-0.4, -0.2) is 11.9 Å². The second-order valence-electron chi connectivity index (χ2n) is 12.1. The molecule has 0 aromatic rings. The Hall–Kier alpha value is -2.33. The molecule has 2 atom stereocenters. The van der Waals surface area contributed by atoms with E-state index in [1.807, 2.05) is 0 Å². The summed E-state index contributed by atoms with van der Waals surface area (Å²) in [5, 5.41) is 3.06. The third-order valence-electron chi connectivity index (χ3n) is 8.38. The fraction of sp³-hybridized carbons (Fsp3) is 0.629. The highest BCUT2D eigenvalue weighted by atomic mass is 16.1. The molecule has 216 valence electrons. The molecule has 0 aromatic carbocycles. The number of unbranched alkanes of at least 4 members (excludes halogenated alkanes) is 12. The van der Waals surface area contributed by atoms with Crippen molar-refractivity contribution in [2.75, 3.05) is 0 Å². The molecule has 0 aliphatic heterocycles. The maximum absolute atomic E-state index is 12.6. The number of nitrogens with two attached hydrogens (primary N) is 2. The Morgan fingerprint density at radius 1 is 0.846 bits per heavy atom. The van der Waals surface area contributed by atoms with Crippen molar-refractivity contribution < 1.29 is 4.79 Å². The van der Waals surface area contributed by atoms with Gasteiger partial charge >= 0.3 is 0 Å². The number of carbonyl (C=O) groups is 1. The van der Waals surface area contributed by atoms with Gasteiger partial charge in [-0.25, -0.2) is 0 Å². The Morgan fingerprint density at radius 2 is 1.51 bits per heavy atom. The van der Waals surface area contributed by atoms with Crippen molar-refractivity contribution in [3.63, 3.8) is 0 Å². The molecule has 0 saturated carbocycles. The van der Waals surface area contributed by atoms with Gasteiger partial charge in [0.25, 0.3) is 5.91 Å². The number of nitrogens with one attached hydrogen (secondary N) is 1. The van der Waals surface area contributed by atoms with E-state index in [1.54, 1.807) is 17.7 Å². The third-order valence-corrected chi connectivity index (χ3v) is 8.38. The first kappa shape index (κ1) is 31.2. The van der Waals surface area contributed by atoms with E-state index in [9.17, 15) is 4.79 Å². The molecule has 4 heteroatoms. The van der Waals surface area contributed by atoms with E-state index >= 15 is 0 Å². The first-order valence-corrected chi connectivity index (χ1v) is 16.0. The molecule has 0 spiro atoms. The molecule has 0 saturated heterocycles. The van der Waals surface area contributed by atoms with E-state index in [1.165, 1.54) is 102 Å². The number of hydrogen-bond donors (Lipinski definition) is 3. The predicted octanol–water partition coefficient (Wildman–Crippen LogP) is 8.58. The van der Waals surface area contributed by atoms with Crippen molar-refractivity contribution in [3.05, 3.63) is 70.6 Å². The summed E-state index contributed by atoms with van der Waals surface area (Å²) < 4.78 is 0. The molecule has 0 fully saturated rings. The number of carbonyl (C=O) groups excluding carboxylic acids is 1. The third kappa shape index (κ3) is 12.6. The highest BCUT2D eigenvalue weighted by Gasteiger charge is 2.19. The summed E-state index contributed by atoms with van der Waals surface area (Å²) in [6, 6.07) is -0.186. The summed E-state index contributed by atoms with van der Waals surface area (Å²) in [6.45, 7) is 2.29. The second kappa shape index (κ2) is 18.1. The SMILES string of the molecule is CCCCCCCCCCCCCCCC1C=CC=C(CC2=CC=C(NC(=O)C3=CC(N)=CC(N)C3)CC2)C1. The molecular formula is C35H55N3O. The minimum atomic E-state index is -0.186. The van der Waals surface area contributed by atoms with Crippen LogP contribution in [0.1, 0.15) is 129 Å². The predicted molar refractivity (Wildman–Crippen MR) is 167 cm³/mol. The van der Waals surface area contributed by atoms with Crippen molar-refractivity contribution in [1.29, 1.82) is 0 Å². The van der Waals surface area contributed by atoms with E-state index in [2.05, 4.69) is 42.6 Å². The summed E-state index contributed by atoms with van der Waals surface area (Å²) >= 11 is 0. The van der Waals surface area contributed by atoms with Crippen LogP contribution in [0.25, 0.3) is 0 Å². The van der Waals surface area contributed by atoms with Gasteiger partial charge in [-0.3, -0.25) is 4.79 Å². The van der Waals surface area contributed by atoms with E-state index in [-0.39, 0.29) is 11.9 Å². The van der Waals surface area contributed by atoms with Crippen LogP contribution in [0.4, 0.5) is 0 Å². The summed E-state index contributed by atoms with van der Waals surface area (Å²) in [5.41, 5.74) is 17.1. The van der Waals surface area contributed by atoms with Crippen molar-refractivity contribution in [1.82, 2.24) is 5.32 Å². The lowest BCUT2D eigenvalue weighted by atomic mass is 9.85. The zero-order chi connectivity index (χ0) is 27.7. The zero-order valence-corrected chi connectivity index (χ0v) is 24.7. The van der Waals surface area contributed by atoms with Crippen LogP contribution in [0.3, 0.4) is 0 Å². The first-order valence-electron chi connectivity index (χ1n) is 16.0. The molecule has 1 amide bonds. The van der Waals surface area contributed by atoms with Gasteiger partial charge in [0.15, 0.2) is 0 Å². The molecule has 39 heavy (non-hydrogen) atoms. The van der Waals surface area contributed by atoms with Gasteiger partial charge in [-0.05, 0) is 62.7 Å². The number of allylic oxidation sites excluding steroid dienone is 9. The van der Waals surface area contributed by atoms with Gasteiger partial charge in [-0.2, -0.15) is 0 Å². The van der Waals surface area contributed by atoms with Gasteiger partial charge < -0.3 is 16.8 Å². The van der Waals surface area contributed by atoms with Crippen molar-refractivity contribution in [2.45, 2.75) is 135 Å². The monoisotopic (exact) mass is 533 g/mol. The van der Waals surface area contributed by atoms with Gasteiger partial charge in [0, 0.05) is 23.0 Å². The normalized spacial score (nSPS) is 21.0. The average Bonchev–Trinajstić information content (AvgIpc) is 2.92. The fourth-order valence-electron chi connectivity index (χ4n) is 6.05. The Bertz CT molecular complexity index is 949. The Balaban J connectivity index is 1.25. The fourth-order valence-corrected chi connectivity index (χ4v) is 6.05.